The van der Waals surface area contributed by atoms with Crippen LogP contribution in [0.25, 0.3) is 10.9 Å². The maximum absolute atomic E-state index is 12.5. The molecule has 6 heteroatoms. The second-order valence-corrected chi connectivity index (χ2v) is 6.60. The van der Waals surface area contributed by atoms with Gasteiger partial charge in [0.25, 0.3) is 5.56 Å². The minimum Gasteiger partial charge on any atom is -0.497 e. The molecule has 0 unspecified atom stereocenters. The zero-order valence-electron chi connectivity index (χ0n) is 14.8. The molecule has 1 fully saturated rings. The van der Waals surface area contributed by atoms with Crippen LogP contribution in [0.4, 0.5) is 0 Å². The van der Waals surface area contributed by atoms with Crippen molar-refractivity contribution in [1.29, 1.82) is 0 Å². The SMILES string of the molecule is BNC1CCN(CCn2c(=O)cc(C)c3ccc(OC)cc32)CC1. The third-order valence-electron chi connectivity index (χ3n) is 5.16. The molecule has 0 radical (unpaired) electrons. The van der Waals surface area contributed by atoms with E-state index in [1.165, 1.54) is 12.8 Å². The van der Waals surface area contributed by atoms with Gasteiger partial charge in [-0.05, 0) is 56.6 Å². The highest BCUT2D eigenvalue weighted by Gasteiger charge is 2.17. The van der Waals surface area contributed by atoms with Gasteiger partial charge in [-0.15, -0.1) is 0 Å². The highest BCUT2D eigenvalue weighted by atomic mass is 16.5. The summed E-state index contributed by atoms with van der Waals surface area (Å²) in [7, 11) is 3.69. The Morgan fingerprint density at radius 2 is 2.00 bits per heavy atom. The molecule has 1 aliphatic heterocycles. The summed E-state index contributed by atoms with van der Waals surface area (Å²) in [5, 5.41) is 4.47. The predicted molar refractivity (Wildman–Crippen MR) is 101 cm³/mol. The highest BCUT2D eigenvalue weighted by Crippen LogP contribution is 2.22. The Balaban J connectivity index is 1.82. The molecule has 2 heterocycles. The lowest BCUT2D eigenvalue weighted by Gasteiger charge is -2.32. The number of pyridine rings is 1. The van der Waals surface area contributed by atoms with Crippen molar-refractivity contribution in [2.75, 3.05) is 26.7 Å². The predicted octanol–water partition coefficient (Wildman–Crippen LogP) is 0.921. The lowest BCUT2D eigenvalue weighted by molar-refractivity contribution is 0.201. The number of hydrogen-bond acceptors (Lipinski definition) is 4. The molecule has 1 N–H and O–H groups in total. The molecule has 1 aromatic heterocycles. The summed E-state index contributed by atoms with van der Waals surface area (Å²) in [6.07, 6.45) is 2.35. The van der Waals surface area contributed by atoms with Crippen LogP contribution in [-0.4, -0.2) is 50.2 Å². The van der Waals surface area contributed by atoms with Gasteiger partial charge < -0.3 is 19.4 Å². The first-order chi connectivity index (χ1) is 11.6. The fourth-order valence-corrected chi connectivity index (χ4v) is 3.57. The number of fused-ring (bicyclic) bond motifs is 1. The topological polar surface area (TPSA) is 46.5 Å². The van der Waals surface area contributed by atoms with Gasteiger partial charge in [0, 0.05) is 30.6 Å². The van der Waals surface area contributed by atoms with Crippen LogP contribution in [0.2, 0.25) is 0 Å². The molecular formula is C18H26BN3O2. The van der Waals surface area contributed by atoms with Gasteiger partial charge in [-0.3, -0.25) is 4.79 Å². The van der Waals surface area contributed by atoms with Crippen LogP contribution in [0.5, 0.6) is 5.75 Å². The Bertz CT molecular complexity index is 767. The minimum absolute atomic E-state index is 0.0679. The van der Waals surface area contributed by atoms with E-state index in [0.29, 0.717) is 12.6 Å². The summed E-state index contributed by atoms with van der Waals surface area (Å²) in [4.78, 5) is 15.0. The summed E-state index contributed by atoms with van der Waals surface area (Å²) in [5.41, 5.74) is 2.05. The molecule has 1 aromatic carbocycles. The Hall–Kier alpha value is -1.79. The Morgan fingerprint density at radius 3 is 2.67 bits per heavy atom. The summed E-state index contributed by atoms with van der Waals surface area (Å²) < 4.78 is 7.23. The molecule has 24 heavy (non-hydrogen) atoms. The second kappa shape index (κ2) is 7.41. The summed E-state index contributed by atoms with van der Waals surface area (Å²) >= 11 is 0. The number of aryl methyl sites for hydroxylation is 1. The third kappa shape index (κ3) is 3.49. The van der Waals surface area contributed by atoms with E-state index in [-0.39, 0.29) is 5.56 Å². The Morgan fingerprint density at radius 1 is 1.25 bits per heavy atom. The monoisotopic (exact) mass is 327 g/mol. The van der Waals surface area contributed by atoms with Crippen LogP contribution in [-0.2, 0) is 6.54 Å². The number of methoxy groups -OCH3 is 1. The van der Waals surface area contributed by atoms with Crippen molar-refractivity contribution in [2.24, 2.45) is 0 Å². The molecular weight excluding hydrogens is 301 g/mol. The number of nitrogens with one attached hydrogen (secondary N) is 1. The van der Waals surface area contributed by atoms with Crippen LogP contribution < -0.4 is 15.5 Å². The number of rotatable bonds is 5. The van der Waals surface area contributed by atoms with Crippen LogP contribution >= 0.6 is 0 Å². The van der Waals surface area contributed by atoms with Crippen molar-refractivity contribution in [3.05, 3.63) is 40.2 Å². The van der Waals surface area contributed by atoms with Crippen LogP contribution in [0.3, 0.4) is 0 Å². The quantitative estimate of drug-likeness (QED) is 0.830. The fourth-order valence-electron chi connectivity index (χ4n) is 3.57. The van der Waals surface area contributed by atoms with Crippen LogP contribution in [0.15, 0.2) is 29.1 Å². The van der Waals surface area contributed by atoms with Crippen LogP contribution in [0.1, 0.15) is 18.4 Å². The largest absolute Gasteiger partial charge is 0.497 e. The summed E-state index contributed by atoms with van der Waals surface area (Å²) in [6.45, 7) is 5.79. The fraction of sp³-hybridized carbons (Fsp3) is 0.500. The Labute approximate surface area is 144 Å². The van der Waals surface area contributed by atoms with Gasteiger partial charge in [-0.1, -0.05) is 0 Å². The summed E-state index contributed by atoms with van der Waals surface area (Å²) in [6, 6.07) is 8.33. The van der Waals surface area contributed by atoms with Crippen molar-refractivity contribution >= 4 is 18.9 Å². The van der Waals surface area contributed by atoms with E-state index in [0.717, 1.165) is 41.9 Å². The molecule has 0 spiro atoms. The number of ether oxygens (including phenoxy) is 1. The van der Waals surface area contributed by atoms with Crippen molar-refractivity contribution in [1.82, 2.24) is 14.7 Å². The normalized spacial score (nSPS) is 16.6. The zero-order chi connectivity index (χ0) is 17.1. The number of hydrogen-bond donors (Lipinski definition) is 1. The van der Waals surface area contributed by atoms with Crippen molar-refractivity contribution in [3.63, 3.8) is 0 Å². The first kappa shape index (κ1) is 17.1. The standard InChI is InChI=1S/C18H26BN3O2/c1-13-11-18(23)22(17-12-15(24-2)3-4-16(13)17)10-9-21-7-5-14(20-19)6-8-21/h3-4,11-12,14,20H,5-10,19H2,1-2H3. The molecule has 1 aliphatic rings. The molecule has 128 valence electrons. The molecule has 0 saturated carbocycles. The van der Waals surface area contributed by atoms with Gasteiger partial charge >= 0.3 is 0 Å². The van der Waals surface area contributed by atoms with E-state index >= 15 is 0 Å². The van der Waals surface area contributed by atoms with Crippen molar-refractivity contribution < 1.29 is 4.74 Å². The van der Waals surface area contributed by atoms with Crippen molar-refractivity contribution in [2.45, 2.75) is 32.4 Å². The van der Waals surface area contributed by atoms with E-state index in [2.05, 4.69) is 10.1 Å². The van der Waals surface area contributed by atoms with E-state index in [9.17, 15) is 4.79 Å². The second-order valence-electron chi connectivity index (χ2n) is 6.60. The first-order valence-electron chi connectivity index (χ1n) is 8.70. The molecule has 5 nitrogen and oxygen atoms in total. The molecule has 0 amide bonds. The van der Waals surface area contributed by atoms with Gasteiger partial charge in [0.1, 0.15) is 5.75 Å². The molecule has 0 aliphatic carbocycles. The van der Waals surface area contributed by atoms with E-state index in [1.54, 1.807) is 13.2 Å². The van der Waals surface area contributed by atoms with Gasteiger partial charge in [0.15, 0.2) is 7.98 Å². The maximum atomic E-state index is 12.5. The van der Waals surface area contributed by atoms with Gasteiger partial charge in [0.05, 0.1) is 12.6 Å². The number of benzene rings is 1. The lowest BCUT2D eigenvalue weighted by atomic mass is 10.0. The average Bonchev–Trinajstić information content (AvgIpc) is 2.61. The van der Waals surface area contributed by atoms with Gasteiger partial charge in [-0.25, -0.2) is 0 Å². The maximum Gasteiger partial charge on any atom is 0.251 e. The van der Waals surface area contributed by atoms with Crippen LogP contribution in [0, 0.1) is 6.92 Å². The zero-order valence-corrected chi connectivity index (χ0v) is 14.8. The van der Waals surface area contributed by atoms with Gasteiger partial charge in [0.2, 0.25) is 0 Å². The van der Waals surface area contributed by atoms with E-state index in [1.807, 2.05) is 37.7 Å². The Kier molecular flexibility index (Phi) is 5.26. The number of piperidine rings is 1. The highest BCUT2D eigenvalue weighted by molar-refractivity contribution is 6.04. The van der Waals surface area contributed by atoms with Gasteiger partial charge in [-0.2, -0.15) is 0 Å². The summed E-state index contributed by atoms with van der Waals surface area (Å²) in [5.74, 6) is 0.788. The van der Waals surface area contributed by atoms with E-state index in [4.69, 9.17) is 4.74 Å². The number of aromatic nitrogens is 1. The molecule has 2 aromatic rings. The number of likely N-dealkylation sites (tertiary alicyclic amines) is 1. The average molecular weight is 327 g/mol. The lowest BCUT2D eigenvalue weighted by Crippen LogP contribution is -2.43. The molecule has 3 rings (SSSR count). The minimum atomic E-state index is 0.0679. The van der Waals surface area contributed by atoms with E-state index < -0.39 is 0 Å². The third-order valence-corrected chi connectivity index (χ3v) is 5.16. The molecule has 0 bridgehead atoms. The first-order valence-corrected chi connectivity index (χ1v) is 8.70. The number of nitrogens with zero attached hydrogens (tertiary/aromatic N) is 2. The smallest absolute Gasteiger partial charge is 0.251 e. The van der Waals surface area contributed by atoms with Crippen molar-refractivity contribution in [3.8, 4) is 5.75 Å². The molecule has 1 saturated heterocycles. The molecule has 0 atom stereocenters.